The van der Waals surface area contributed by atoms with Gasteiger partial charge < -0.3 is 26.2 Å². The van der Waals surface area contributed by atoms with E-state index in [9.17, 15) is 9.59 Å². The van der Waals surface area contributed by atoms with Crippen LogP contribution in [0.15, 0.2) is 28.9 Å². The number of fused-ring (bicyclic) bond motifs is 2. The lowest BCUT2D eigenvalue weighted by atomic mass is 9.98. The molecule has 1 aromatic carbocycles. The van der Waals surface area contributed by atoms with Crippen molar-refractivity contribution in [3.63, 3.8) is 0 Å². The lowest BCUT2D eigenvalue weighted by Crippen LogP contribution is -2.46. The largest absolute Gasteiger partial charge is 0.337 e. The lowest BCUT2D eigenvalue weighted by molar-refractivity contribution is -0.129. The number of hydrogen-bond acceptors (Lipinski definition) is 8. The van der Waals surface area contributed by atoms with Gasteiger partial charge in [-0.2, -0.15) is 0 Å². The summed E-state index contributed by atoms with van der Waals surface area (Å²) < 4.78 is 0. The van der Waals surface area contributed by atoms with Gasteiger partial charge in [-0.05, 0) is 50.6 Å². The summed E-state index contributed by atoms with van der Waals surface area (Å²) in [4.78, 5) is 34.3. The van der Waals surface area contributed by atoms with Crippen LogP contribution in [0.2, 0.25) is 0 Å². The van der Waals surface area contributed by atoms with Crippen molar-refractivity contribution in [2.45, 2.75) is 27.2 Å². The number of nitrogens with zero attached hydrogens (tertiary/aromatic N) is 3. The fraction of sp³-hybridized carbons (Fsp3) is 0.560. The van der Waals surface area contributed by atoms with E-state index >= 15 is 0 Å². The molecule has 0 radical (unpaired) electrons. The van der Waals surface area contributed by atoms with E-state index in [2.05, 4.69) is 50.8 Å². The standard InChI is InChI=1S/C25H39N7O2/c1-17-5-6-21-23(25(34)30-24(17)33)29-20-15-18(2)19(3)16-22(20)32(21)14-13-31(4)12-11-28-10-9-27-8-7-26/h6,15-17,27-28H,5,7-14,26H2,1-4H3,(H,30,33,34). The number of hydrogen-bond donors (Lipinski definition) is 4. The normalized spacial score (nSPS) is 18.1. The number of imide groups is 1. The van der Waals surface area contributed by atoms with E-state index in [1.54, 1.807) is 0 Å². The first-order valence-electron chi connectivity index (χ1n) is 12.1. The second-order valence-corrected chi connectivity index (χ2v) is 9.17. The minimum absolute atomic E-state index is 0.258. The van der Waals surface area contributed by atoms with Crippen LogP contribution < -0.4 is 26.6 Å². The van der Waals surface area contributed by atoms with Crippen LogP contribution in [0, 0.1) is 19.8 Å². The summed E-state index contributed by atoms with van der Waals surface area (Å²) in [6.07, 6.45) is 2.55. The Morgan fingerprint density at radius 2 is 1.82 bits per heavy atom. The van der Waals surface area contributed by atoms with Crippen molar-refractivity contribution in [3.8, 4) is 0 Å². The molecule has 0 bridgehead atoms. The van der Waals surface area contributed by atoms with Gasteiger partial charge in [-0.3, -0.25) is 14.9 Å². The number of aryl methyl sites for hydroxylation is 2. The topological polar surface area (TPSA) is 115 Å². The third-order valence-electron chi connectivity index (χ3n) is 6.39. The van der Waals surface area contributed by atoms with Gasteiger partial charge in [-0.15, -0.1) is 0 Å². The summed E-state index contributed by atoms with van der Waals surface area (Å²) in [6.45, 7) is 12.6. The molecule has 2 aliphatic heterocycles. The average molecular weight is 470 g/mol. The van der Waals surface area contributed by atoms with E-state index in [4.69, 9.17) is 5.73 Å². The highest BCUT2D eigenvalue weighted by Gasteiger charge is 2.32. The van der Waals surface area contributed by atoms with E-state index in [-0.39, 0.29) is 11.8 Å². The first-order valence-corrected chi connectivity index (χ1v) is 12.1. The van der Waals surface area contributed by atoms with Crippen molar-refractivity contribution >= 4 is 28.9 Å². The van der Waals surface area contributed by atoms with Gasteiger partial charge in [0.1, 0.15) is 0 Å². The molecule has 2 aliphatic rings. The molecule has 5 N–H and O–H groups in total. The average Bonchev–Trinajstić information content (AvgIpc) is 2.80. The summed E-state index contributed by atoms with van der Waals surface area (Å²) in [5.74, 6) is -0.961. The zero-order chi connectivity index (χ0) is 24.7. The Balaban J connectivity index is 1.73. The smallest absolute Gasteiger partial charge is 0.278 e. The Morgan fingerprint density at radius 3 is 2.56 bits per heavy atom. The number of allylic oxidation sites excluding steroid dienone is 1. The van der Waals surface area contributed by atoms with Crippen LogP contribution in [0.1, 0.15) is 24.5 Å². The van der Waals surface area contributed by atoms with Crippen molar-refractivity contribution in [2.75, 3.05) is 64.3 Å². The molecule has 0 saturated carbocycles. The predicted molar refractivity (Wildman–Crippen MR) is 138 cm³/mol. The third kappa shape index (κ3) is 6.50. The summed E-state index contributed by atoms with van der Waals surface area (Å²) >= 11 is 0. The summed E-state index contributed by atoms with van der Waals surface area (Å²) in [5, 5.41) is 9.24. The molecule has 0 aliphatic carbocycles. The fourth-order valence-corrected chi connectivity index (χ4v) is 4.01. The number of aliphatic imine (C=N–C) groups is 1. The summed E-state index contributed by atoms with van der Waals surface area (Å²) in [7, 11) is 2.11. The number of benzene rings is 1. The molecule has 9 nitrogen and oxygen atoms in total. The van der Waals surface area contributed by atoms with Crippen molar-refractivity contribution < 1.29 is 9.59 Å². The number of carbonyl (C=O) groups excluding carboxylic acids is 2. The Labute approximate surface area is 202 Å². The van der Waals surface area contributed by atoms with Crippen molar-refractivity contribution in [3.05, 3.63) is 35.0 Å². The molecule has 1 aromatic rings. The van der Waals surface area contributed by atoms with Gasteiger partial charge in [0.05, 0.1) is 17.1 Å². The molecule has 9 heteroatoms. The van der Waals surface area contributed by atoms with Crippen molar-refractivity contribution in [2.24, 2.45) is 16.6 Å². The number of anilines is 1. The number of likely N-dealkylation sites (N-methyl/N-ethyl adjacent to an activating group) is 1. The zero-order valence-corrected chi connectivity index (χ0v) is 20.9. The number of rotatable bonds is 11. The van der Waals surface area contributed by atoms with E-state index in [0.29, 0.717) is 25.2 Å². The van der Waals surface area contributed by atoms with Crippen LogP contribution in [0.3, 0.4) is 0 Å². The minimum atomic E-state index is -0.433. The van der Waals surface area contributed by atoms with Gasteiger partial charge in [0.25, 0.3) is 5.91 Å². The number of nitrogens with one attached hydrogen (secondary N) is 3. The van der Waals surface area contributed by atoms with Gasteiger partial charge in [-0.1, -0.05) is 13.0 Å². The molecule has 34 heavy (non-hydrogen) atoms. The quantitative estimate of drug-likeness (QED) is 0.280. The SMILES string of the molecule is Cc1cc2c(cc1C)N(CCN(C)CCNCCNCCN)C1=CCC(C)C(=O)NC(=O)C1=N2. The van der Waals surface area contributed by atoms with Crippen LogP contribution in [0.5, 0.6) is 0 Å². The Bertz CT molecular complexity index is 957. The van der Waals surface area contributed by atoms with Crippen LogP contribution in [-0.2, 0) is 9.59 Å². The molecule has 1 unspecified atom stereocenters. The number of carbonyl (C=O) groups is 2. The fourth-order valence-electron chi connectivity index (χ4n) is 4.01. The van der Waals surface area contributed by atoms with Crippen LogP contribution in [0.4, 0.5) is 11.4 Å². The summed E-state index contributed by atoms with van der Waals surface area (Å²) in [5.41, 5.74) is 10.6. The molecule has 0 spiro atoms. The third-order valence-corrected chi connectivity index (χ3v) is 6.39. The molecule has 0 aromatic heterocycles. The van der Waals surface area contributed by atoms with E-state index in [1.807, 2.05) is 26.0 Å². The molecular formula is C25H39N7O2. The van der Waals surface area contributed by atoms with Crippen molar-refractivity contribution in [1.82, 2.24) is 20.9 Å². The van der Waals surface area contributed by atoms with Gasteiger partial charge in [0.15, 0.2) is 5.71 Å². The maximum Gasteiger partial charge on any atom is 0.278 e. The Hall–Kier alpha value is -2.59. The highest BCUT2D eigenvalue weighted by atomic mass is 16.2. The monoisotopic (exact) mass is 469 g/mol. The molecule has 1 atom stereocenters. The molecule has 0 fully saturated rings. The minimum Gasteiger partial charge on any atom is -0.337 e. The highest BCUT2D eigenvalue weighted by Crippen LogP contribution is 2.39. The van der Waals surface area contributed by atoms with E-state index < -0.39 is 5.91 Å². The van der Waals surface area contributed by atoms with Gasteiger partial charge >= 0.3 is 0 Å². The Morgan fingerprint density at radius 1 is 1.12 bits per heavy atom. The molecule has 3 rings (SSSR count). The number of amides is 2. The van der Waals surface area contributed by atoms with Crippen molar-refractivity contribution in [1.29, 1.82) is 0 Å². The highest BCUT2D eigenvalue weighted by molar-refractivity contribution is 6.49. The first kappa shape index (κ1) is 26.0. The summed E-state index contributed by atoms with van der Waals surface area (Å²) in [6, 6.07) is 4.16. The molecular weight excluding hydrogens is 430 g/mol. The molecule has 0 saturated heterocycles. The second-order valence-electron chi connectivity index (χ2n) is 9.17. The van der Waals surface area contributed by atoms with Gasteiger partial charge in [0, 0.05) is 58.3 Å². The van der Waals surface area contributed by atoms with E-state index in [1.165, 1.54) is 5.56 Å². The van der Waals surface area contributed by atoms with E-state index in [0.717, 1.165) is 61.9 Å². The Kier molecular flexibility index (Phi) is 9.35. The van der Waals surface area contributed by atoms with Crippen LogP contribution in [0.25, 0.3) is 0 Å². The molecule has 186 valence electrons. The first-order chi connectivity index (χ1) is 16.3. The predicted octanol–water partition coefficient (Wildman–Crippen LogP) is 0.832. The lowest BCUT2D eigenvalue weighted by Gasteiger charge is -2.35. The van der Waals surface area contributed by atoms with Crippen LogP contribution in [-0.4, -0.2) is 81.8 Å². The number of nitrogens with two attached hydrogens (primary N) is 1. The maximum absolute atomic E-state index is 12.9. The second kappa shape index (κ2) is 12.2. The van der Waals surface area contributed by atoms with Gasteiger partial charge in [0.2, 0.25) is 5.91 Å². The molecule has 2 amide bonds. The molecule has 2 heterocycles. The van der Waals surface area contributed by atoms with Gasteiger partial charge in [-0.25, -0.2) is 4.99 Å². The van der Waals surface area contributed by atoms with Crippen LogP contribution >= 0.6 is 0 Å². The maximum atomic E-state index is 12.9. The zero-order valence-electron chi connectivity index (χ0n) is 20.9.